The van der Waals surface area contributed by atoms with E-state index >= 15 is 0 Å². The second kappa shape index (κ2) is 6.98. The highest BCUT2D eigenvalue weighted by molar-refractivity contribution is 7.13. The molecule has 1 N–H and O–H groups in total. The second-order valence-corrected chi connectivity index (χ2v) is 6.52. The third kappa shape index (κ3) is 3.90. The Labute approximate surface area is 134 Å². The Kier molecular flexibility index (Phi) is 4.80. The van der Waals surface area contributed by atoms with Crippen LogP contribution in [-0.4, -0.2) is 33.9 Å². The van der Waals surface area contributed by atoms with Crippen LogP contribution < -0.4 is 5.32 Å². The molecule has 0 radical (unpaired) electrons. The van der Waals surface area contributed by atoms with Crippen molar-refractivity contribution in [3.05, 3.63) is 41.2 Å². The van der Waals surface area contributed by atoms with Crippen LogP contribution in [-0.2, 0) is 11.3 Å². The fraction of sp³-hybridized carbons (Fsp3) is 0.438. The largest absolute Gasteiger partial charge is 0.302 e. The van der Waals surface area contributed by atoms with Crippen LogP contribution >= 0.6 is 11.3 Å². The maximum absolute atomic E-state index is 11.1. The third-order valence-corrected chi connectivity index (χ3v) is 4.74. The van der Waals surface area contributed by atoms with Gasteiger partial charge < -0.3 is 5.32 Å². The fourth-order valence-corrected chi connectivity index (χ4v) is 3.65. The molecule has 1 aliphatic rings. The summed E-state index contributed by atoms with van der Waals surface area (Å²) >= 11 is 1.51. The molecular formula is C16H20N4OS. The van der Waals surface area contributed by atoms with Crippen molar-refractivity contribution in [3.8, 4) is 0 Å². The van der Waals surface area contributed by atoms with Gasteiger partial charge in [-0.2, -0.15) is 0 Å². The average Bonchev–Trinajstić information content (AvgIpc) is 2.97. The lowest BCUT2D eigenvalue weighted by molar-refractivity contribution is -0.114. The Morgan fingerprint density at radius 1 is 1.36 bits per heavy atom. The Bertz CT molecular complexity index is 620. The summed E-state index contributed by atoms with van der Waals surface area (Å²) in [6, 6.07) is 4.15. The molecule has 2 aromatic rings. The number of carbonyl (C=O) groups excluding carboxylic acids is 1. The zero-order chi connectivity index (χ0) is 15.4. The number of hydrogen-bond donors (Lipinski definition) is 1. The summed E-state index contributed by atoms with van der Waals surface area (Å²) in [6.45, 7) is 4.67. The number of thiazole rings is 1. The second-order valence-electron chi connectivity index (χ2n) is 5.66. The minimum absolute atomic E-state index is 0.0620. The Morgan fingerprint density at radius 3 is 2.77 bits per heavy atom. The topological polar surface area (TPSA) is 58.1 Å². The summed E-state index contributed by atoms with van der Waals surface area (Å²) in [6.07, 6.45) is 5.94. The van der Waals surface area contributed by atoms with E-state index in [1.807, 2.05) is 12.4 Å². The van der Waals surface area contributed by atoms with Crippen molar-refractivity contribution in [2.24, 2.45) is 0 Å². The van der Waals surface area contributed by atoms with E-state index in [-0.39, 0.29) is 5.91 Å². The molecular weight excluding hydrogens is 296 g/mol. The molecule has 1 amide bonds. The zero-order valence-corrected chi connectivity index (χ0v) is 13.5. The van der Waals surface area contributed by atoms with E-state index in [2.05, 4.69) is 37.7 Å². The molecule has 1 aliphatic heterocycles. The van der Waals surface area contributed by atoms with E-state index in [1.165, 1.54) is 23.8 Å². The van der Waals surface area contributed by atoms with Gasteiger partial charge >= 0.3 is 0 Å². The number of pyridine rings is 1. The predicted molar refractivity (Wildman–Crippen MR) is 87.9 cm³/mol. The van der Waals surface area contributed by atoms with E-state index in [9.17, 15) is 4.79 Å². The van der Waals surface area contributed by atoms with Gasteiger partial charge in [0, 0.05) is 37.2 Å². The van der Waals surface area contributed by atoms with Crippen LogP contribution in [0.25, 0.3) is 0 Å². The first-order valence-corrected chi connectivity index (χ1v) is 8.43. The van der Waals surface area contributed by atoms with Gasteiger partial charge in [-0.15, -0.1) is 11.3 Å². The van der Waals surface area contributed by atoms with Gasteiger partial charge in [0.05, 0.1) is 5.69 Å². The van der Waals surface area contributed by atoms with Crippen molar-refractivity contribution in [2.45, 2.75) is 32.2 Å². The molecule has 0 aromatic carbocycles. The monoisotopic (exact) mass is 316 g/mol. The van der Waals surface area contributed by atoms with Crippen molar-refractivity contribution >= 4 is 22.4 Å². The zero-order valence-electron chi connectivity index (χ0n) is 12.7. The van der Waals surface area contributed by atoms with E-state index in [0.717, 1.165) is 38.2 Å². The minimum atomic E-state index is -0.0620. The van der Waals surface area contributed by atoms with E-state index < -0.39 is 0 Å². The van der Waals surface area contributed by atoms with Gasteiger partial charge in [0.15, 0.2) is 5.13 Å². The molecule has 2 aromatic heterocycles. The summed E-state index contributed by atoms with van der Waals surface area (Å²) in [7, 11) is 0. The Hall–Kier alpha value is -1.79. The summed E-state index contributed by atoms with van der Waals surface area (Å²) in [5.74, 6) is 0.445. The molecule has 6 heteroatoms. The third-order valence-electron chi connectivity index (χ3n) is 3.97. The van der Waals surface area contributed by atoms with Crippen molar-refractivity contribution in [1.29, 1.82) is 0 Å². The number of amides is 1. The van der Waals surface area contributed by atoms with Crippen molar-refractivity contribution in [2.75, 3.05) is 18.4 Å². The molecule has 0 unspecified atom stereocenters. The summed E-state index contributed by atoms with van der Waals surface area (Å²) in [5, 5.41) is 5.55. The SMILES string of the molecule is CC(=O)Nc1nc(C2CCN(Cc3ccncc3)CC2)cs1. The first-order valence-electron chi connectivity index (χ1n) is 7.55. The van der Waals surface area contributed by atoms with Crippen LogP contribution in [0.3, 0.4) is 0 Å². The quantitative estimate of drug-likeness (QED) is 0.942. The van der Waals surface area contributed by atoms with Crippen LogP contribution in [0.4, 0.5) is 5.13 Å². The van der Waals surface area contributed by atoms with Crippen LogP contribution in [0.1, 0.15) is 36.9 Å². The molecule has 1 saturated heterocycles. The summed E-state index contributed by atoms with van der Waals surface area (Å²) in [4.78, 5) is 22.1. The molecule has 5 nitrogen and oxygen atoms in total. The standard InChI is InChI=1S/C16H20N4OS/c1-12(21)18-16-19-15(11-22-16)14-4-8-20(9-5-14)10-13-2-6-17-7-3-13/h2-3,6-7,11,14H,4-5,8-10H2,1H3,(H,18,19,21). The number of hydrogen-bond acceptors (Lipinski definition) is 5. The molecule has 3 heterocycles. The highest BCUT2D eigenvalue weighted by Crippen LogP contribution is 2.30. The number of carbonyl (C=O) groups is 1. The fourth-order valence-electron chi connectivity index (χ4n) is 2.81. The lowest BCUT2D eigenvalue weighted by Crippen LogP contribution is -2.32. The maximum atomic E-state index is 11.1. The molecule has 0 aliphatic carbocycles. The summed E-state index contributed by atoms with van der Waals surface area (Å²) < 4.78 is 0. The average molecular weight is 316 g/mol. The smallest absolute Gasteiger partial charge is 0.223 e. The number of likely N-dealkylation sites (tertiary alicyclic amines) is 1. The number of piperidine rings is 1. The first kappa shape index (κ1) is 15.1. The number of nitrogens with zero attached hydrogens (tertiary/aromatic N) is 3. The van der Waals surface area contributed by atoms with Crippen LogP contribution in [0.2, 0.25) is 0 Å². The van der Waals surface area contributed by atoms with E-state index in [0.29, 0.717) is 11.0 Å². The molecule has 1 fully saturated rings. The van der Waals surface area contributed by atoms with Crippen molar-refractivity contribution in [3.63, 3.8) is 0 Å². The Morgan fingerprint density at radius 2 is 2.09 bits per heavy atom. The Balaban J connectivity index is 1.53. The molecule has 0 bridgehead atoms. The van der Waals surface area contributed by atoms with Crippen molar-refractivity contribution in [1.82, 2.24) is 14.9 Å². The van der Waals surface area contributed by atoms with Gasteiger partial charge in [-0.05, 0) is 43.6 Å². The molecule has 116 valence electrons. The van der Waals surface area contributed by atoms with Gasteiger partial charge in [-0.25, -0.2) is 4.98 Å². The number of rotatable bonds is 4. The number of nitrogens with one attached hydrogen (secondary N) is 1. The van der Waals surface area contributed by atoms with Crippen LogP contribution in [0.15, 0.2) is 29.9 Å². The number of anilines is 1. The lowest BCUT2D eigenvalue weighted by Gasteiger charge is -2.31. The minimum Gasteiger partial charge on any atom is -0.302 e. The molecule has 0 spiro atoms. The van der Waals surface area contributed by atoms with Gasteiger partial charge in [0.25, 0.3) is 0 Å². The highest BCUT2D eigenvalue weighted by Gasteiger charge is 2.22. The molecule has 3 rings (SSSR count). The first-order chi connectivity index (χ1) is 10.7. The molecule has 22 heavy (non-hydrogen) atoms. The normalized spacial score (nSPS) is 16.6. The number of aromatic nitrogens is 2. The molecule has 0 atom stereocenters. The van der Waals surface area contributed by atoms with Gasteiger partial charge in [-0.1, -0.05) is 0 Å². The molecule has 0 saturated carbocycles. The van der Waals surface area contributed by atoms with Crippen LogP contribution in [0.5, 0.6) is 0 Å². The van der Waals surface area contributed by atoms with E-state index in [4.69, 9.17) is 0 Å². The van der Waals surface area contributed by atoms with Gasteiger partial charge in [-0.3, -0.25) is 14.7 Å². The highest BCUT2D eigenvalue weighted by atomic mass is 32.1. The lowest BCUT2D eigenvalue weighted by atomic mass is 9.94. The summed E-state index contributed by atoms with van der Waals surface area (Å²) in [5.41, 5.74) is 2.44. The predicted octanol–water partition coefficient (Wildman–Crippen LogP) is 2.88. The van der Waals surface area contributed by atoms with Gasteiger partial charge in [0.2, 0.25) is 5.91 Å². The van der Waals surface area contributed by atoms with Crippen LogP contribution in [0, 0.1) is 0 Å². The maximum Gasteiger partial charge on any atom is 0.223 e. The van der Waals surface area contributed by atoms with Gasteiger partial charge in [0.1, 0.15) is 0 Å². The van der Waals surface area contributed by atoms with E-state index in [1.54, 1.807) is 0 Å². The van der Waals surface area contributed by atoms with Crippen molar-refractivity contribution < 1.29 is 4.79 Å².